The lowest BCUT2D eigenvalue weighted by molar-refractivity contribution is -0.141. The van der Waals surface area contributed by atoms with Gasteiger partial charge in [-0.25, -0.2) is 4.39 Å². The summed E-state index contributed by atoms with van der Waals surface area (Å²) in [5.74, 6) is 2.01. The van der Waals surface area contributed by atoms with Gasteiger partial charge in [-0.1, -0.05) is 22.0 Å². The minimum atomic E-state index is -0.418. The zero-order valence-corrected chi connectivity index (χ0v) is 19.6. The van der Waals surface area contributed by atoms with E-state index in [-0.39, 0.29) is 24.1 Å². The third-order valence-corrected chi connectivity index (χ3v) is 6.59. The summed E-state index contributed by atoms with van der Waals surface area (Å²) in [5, 5.41) is 0. The first kappa shape index (κ1) is 21.8. The van der Waals surface area contributed by atoms with Crippen molar-refractivity contribution in [3.63, 3.8) is 0 Å². The second-order valence-corrected chi connectivity index (χ2v) is 9.04. The Hall–Kier alpha value is -3.06. The second kappa shape index (κ2) is 9.06. The smallest absolute Gasteiger partial charge is 0.306 e. The van der Waals surface area contributed by atoms with Crippen LogP contribution in [0, 0.1) is 5.82 Å². The maximum Gasteiger partial charge on any atom is 0.306 e. The molecule has 0 saturated heterocycles. The number of carbonyl (C=O) groups is 1. The van der Waals surface area contributed by atoms with Crippen molar-refractivity contribution in [3.05, 3.63) is 81.6 Å². The van der Waals surface area contributed by atoms with Crippen LogP contribution >= 0.6 is 15.9 Å². The molecule has 170 valence electrons. The van der Waals surface area contributed by atoms with Crippen LogP contribution in [0.25, 0.3) is 0 Å². The Morgan fingerprint density at radius 3 is 2.70 bits per heavy atom. The summed E-state index contributed by atoms with van der Waals surface area (Å²) >= 11 is 3.41. The van der Waals surface area contributed by atoms with Gasteiger partial charge in [0.25, 0.3) is 0 Å². The molecule has 0 fully saturated rings. The summed E-state index contributed by atoms with van der Waals surface area (Å²) in [6, 6.07) is 16.2. The maximum atomic E-state index is 14.8. The first-order chi connectivity index (χ1) is 16.0. The molecule has 7 heteroatoms. The molecule has 2 atom stereocenters. The molecule has 1 aliphatic heterocycles. The molecule has 33 heavy (non-hydrogen) atoms. The van der Waals surface area contributed by atoms with Crippen molar-refractivity contribution in [1.29, 1.82) is 0 Å². The molecule has 5 rings (SSSR count). The van der Waals surface area contributed by atoms with Gasteiger partial charge >= 0.3 is 5.97 Å². The number of hydrogen-bond donors (Lipinski definition) is 0. The highest BCUT2D eigenvalue weighted by Gasteiger charge is 2.32. The molecule has 5 nitrogen and oxygen atoms in total. The Balaban J connectivity index is 1.35. The van der Waals surface area contributed by atoms with E-state index in [1.54, 1.807) is 6.07 Å². The van der Waals surface area contributed by atoms with Crippen LogP contribution < -0.4 is 14.2 Å². The van der Waals surface area contributed by atoms with Crippen molar-refractivity contribution in [2.75, 3.05) is 13.7 Å². The summed E-state index contributed by atoms with van der Waals surface area (Å²) in [6.45, 7) is 0.422. The van der Waals surface area contributed by atoms with Crippen LogP contribution in [0.1, 0.15) is 41.6 Å². The zero-order valence-electron chi connectivity index (χ0n) is 18.0. The Labute approximate surface area is 199 Å². The number of hydrogen-bond acceptors (Lipinski definition) is 5. The molecular formula is C26H22BrFO5. The lowest BCUT2D eigenvalue weighted by Crippen LogP contribution is -2.09. The average molecular weight is 513 g/mol. The number of benzene rings is 3. The minimum absolute atomic E-state index is 0.0375. The van der Waals surface area contributed by atoms with Crippen LogP contribution in [0.4, 0.5) is 4.39 Å². The van der Waals surface area contributed by atoms with E-state index in [4.69, 9.17) is 18.9 Å². The van der Waals surface area contributed by atoms with E-state index in [1.807, 2.05) is 42.5 Å². The van der Waals surface area contributed by atoms with E-state index in [1.165, 1.54) is 13.2 Å². The van der Waals surface area contributed by atoms with Crippen molar-refractivity contribution < 1.29 is 28.1 Å². The first-order valence-electron chi connectivity index (χ1n) is 10.8. The van der Waals surface area contributed by atoms with Gasteiger partial charge in [-0.05, 0) is 55.3 Å². The highest BCUT2D eigenvalue weighted by atomic mass is 79.9. The topological polar surface area (TPSA) is 54.0 Å². The minimum Gasteiger partial charge on any atom is -0.492 e. The molecule has 0 spiro atoms. The Morgan fingerprint density at radius 1 is 1.12 bits per heavy atom. The number of methoxy groups -OCH3 is 1. The van der Waals surface area contributed by atoms with E-state index in [9.17, 15) is 9.18 Å². The van der Waals surface area contributed by atoms with E-state index >= 15 is 0 Å². The molecule has 1 aliphatic carbocycles. The van der Waals surface area contributed by atoms with Crippen molar-refractivity contribution in [2.45, 2.75) is 31.3 Å². The summed E-state index contributed by atoms with van der Waals surface area (Å²) in [4.78, 5) is 11.6. The van der Waals surface area contributed by atoms with Crippen molar-refractivity contribution in [2.24, 2.45) is 0 Å². The van der Waals surface area contributed by atoms with Crippen LogP contribution in [0.3, 0.4) is 0 Å². The van der Waals surface area contributed by atoms with Crippen LogP contribution in [0.15, 0.2) is 59.1 Å². The lowest BCUT2D eigenvalue weighted by Gasteiger charge is -2.17. The van der Waals surface area contributed by atoms with Crippen LogP contribution in [0.5, 0.6) is 23.0 Å². The maximum absolute atomic E-state index is 14.8. The zero-order chi connectivity index (χ0) is 22.9. The van der Waals surface area contributed by atoms with E-state index in [0.29, 0.717) is 48.0 Å². The molecular weight excluding hydrogens is 491 g/mol. The van der Waals surface area contributed by atoms with Crippen LogP contribution in [-0.2, 0) is 16.0 Å². The molecule has 0 N–H and O–H groups in total. The molecule has 2 aliphatic rings. The van der Waals surface area contributed by atoms with Gasteiger partial charge < -0.3 is 18.9 Å². The largest absolute Gasteiger partial charge is 0.492 e. The second-order valence-electron chi connectivity index (χ2n) is 8.13. The Bertz CT molecular complexity index is 1190. The monoisotopic (exact) mass is 512 g/mol. The van der Waals surface area contributed by atoms with Crippen molar-refractivity contribution >= 4 is 21.9 Å². The number of fused-ring (bicyclic) bond motifs is 2. The molecule has 1 heterocycles. The highest BCUT2D eigenvalue weighted by molar-refractivity contribution is 9.10. The summed E-state index contributed by atoms with van der Waals surface area (Å²) < 4.78 is 38.6. The van der Waals surface area contributed by atoms with Gasteiger partial charge in [0.2, 0.25) is 0 Å². The fourth-order valence-electron chi connectivity index (χ4n) is 4.43. The van der Waals surface area contributed by atoms with Gasteiger partial charge in [-0.15, -0.1) is 0 Å². The number of rotatable bonds is 6. The fourth-order valence-corrected chi connectivity index (χ4v) is 4.70. The molecule has 3 aromatic rings. The quantitative estimate of drug-likeness (QED) is 0.353. The standard InChI is InChI=1S/C26H22BrFO5/c1-30-25(29)12-15-14-31-24-13-18(6-7-19(15)24)33-23-10-8-20-22(11-9-21(28)26(20)23)32-17-4-2-16(27)3-5-17/h2-7,9,11,13,15,23H,8,10,12,14H2,1H3/t15?,23-/m1/s1. The number of ether oxygens (including phenoxy) is 4. The van der Waals surface area contributed by atoms with Gasteiger partial charge in [-0.2, -0.15) is 0 Å². The fraction of sp³-hybridized carbons (Fsp3) is 0.269. The Kier molecular flexibility index (Phi) is 5.98. The highest BCUT2D eigenvalue weighted by Crippen LogP contribution is 2.44. The van der Waals surface area contributed by atoms with E-state index < -0.39 is 6.10 Å². The Morgan fingerprint density at radius 2 is 1.91 bits per heavy atom. The molecule has 3 aromatic carbocycles. The lowest BCUT2D eigenvalue weighted by atomic mass is 9.98. The van der Waals surface area contributed by atoms with Crippen LogP contribution in [0.2, 0.25) is 0 Å². The normalized spacial score (nSPS) is 18.3. The van der Waals surface area contributed by atoms with Gasteiger partial charge in [0.15, 0.2) is 0 Å². The van der Waals surface area contributed by atoms with E-state index in [0.717, 1.165) is 15.6 Å². The number of esters is 1. The number of carbonyl (C=O) groups excluding carboxylic acids is 1. The molecule has 0 saturated carbocycles. The third kappa shape index (κ3) is 4.42. The van der Waals surface area contributed by atoms with Gasteiger partial charge in [-0.3, -0.25) is 4.79 Å². The molecule has 0 amide bonds. The van der Waals surface area contributed by atoms with Crippen molar-refractivity contribution in [3.8, 4) is 23.0 Å². The van der Waals surface area contributed by atoms with Crippen molar-refractivity contribution in [1.82, 2.24) is 0 Å². The third-order valence-electron chi connectivity index (χ3n) is 6.06. The average Bonchev–Trinajstić information content (AvgIpc) is 3.42. The van der Waals surface area contributed by atoms with E-state index in [2.05, 4.69) is 15.9 Å². The molecule has 0 aromatic heterocycles. The first-order valence-corrected chi connectivity index (χ1v) is 11.6. The van der Waals surface area contributed by atoms with Crippen LogP contribution in [-0.4, -0.2) is 19.7 Å². The molecule has 0 radical (unpaired) electrons. The molecule has 0 bridgehead atoms. The SMILES string of the molecule is COC(=O)CC1COc2cc(O[C@@H]3CCc4c(Oc5ccc(Br)cc5)ccc(F)c43)ccc21. The predicted octanol–water partition coefficient (Wildman–Crippen LogP) is 6.49. The summed E-state index contributed by atoms with van der Waals surface area (Å²) in [5.41, 5.74) is 2.32. The predicted molar refractivity (Wildman–Crippen MR) is 124 cm³/mol. The van der Waals surface area contributed by atoms with Gasteiger partial charge in [0, 0.05) is 33.1 Å². The summed E-state index contributed by atoms with van der Waals surface area (Å²) in [6.07, 6.45) is 1.16. The number of halogens is 2. The van der Waals surface area contributed by atoms with Gasteiger partial charge in [0.05, 0.1) is 20.1 Å². The molecule has 1 unspecified atom stereocenters. The van der Waals surface area contributed by atoms with Gasteiger partial charge in [0.1, 0.15) is 34.9 Å². The summed E-state index contributed by atoms with van der Waals surface area (Å²) in [7, 11) is 1.38.